The molecule has 1 aliphatic heterocycles. The standard InChI is InChI=1S/C29H56O4Si2/c1-13-14-15-21(2)18-22(32-34(9,10)28(3,4)5)16-17-23-24-19-27(30)31-25(24)20-26(23)33-35(11,12)29(6,7)8/h16-17,21-26H,13-15,18-20H2,1-12H3. The van der Waals surface area contributed by atoms with Crippen LogP contribution in [0.15, 0.2) is 12.2 Å². The molecule has 2 aliphatic rings. The number of hydrogen-bond donors (Lipinski definition) is 0. The lowest BCUT2D eigenvalue weighted by Gasteiger charge is -2.40. The first-order valence-corrected chi connectivity index (χ1v) is 19.9. The van der Waals surface area contributed by atoms with Crippen molar-refractivity contribution in [2.45, 2.75) is 148 Å². The number of carbonyl (C=O) groups is 1. The molecule has 0 radical (unpaired) electrons. The van der Waals surface area contributed by atoms with E-state index in [2.05, 4.69) is 93.7 Å². The summed E-state index contributed by atoms with van der Waals surface area (Å²) in [6.07, 6.45) is 11.0. The van der Waals surface area contributed by atoms with Crippen molar-refractivity contribution in [1.29, 1.82) is 0 Å². The summed E-state index contributed by atoms with van der Waals surface area (Å²) in [6, 6.07) is 0. The molecule has 0 amide bonds. The van der Waals surface area contributed by atoms with Crippen LogP contribution < -0.4 is 0 Å². The zero-order valence-electron chi connectivity index (χ0n) is 25.0. The summed E-state index contributed by atoms with van der Waals surface area (Å²) >= 11 is 0. The van der Waals surface area contributed by atoms with E-state index in [0.29, 0.717) is 12.3 Å². The Morgan fingerprint density at radius 1 is 1.06 bits per heavy atom. The summed E-state index contributed by atoms with van der Waals surface area (Å²) in [5.74, 6) is 1.00. The van der Waals surface area contributed by atoms with Gasteiger partial charge in [0.25, 0.3) is 0 Å². The summed E-state index contributed by atoms with van der Waals surface area (Å²) in [4.78, 5) is 12.1. The monoisotopic (exact) mass is 524 g/mol. The lowest BCUT2D eigenvalue weighted by molar-refractivity contribution is -0.141. The highest BCUT2D eigenvalue weighted by Gasteiger charge is 2.52. The maximum absolute atomic E-state index is 12.1. The van der Waals surface area contributed by atoms with Gasteiger partial charge in [-0.2, -0.15) is 0 Å². The predicted molar refractivity (Wildman–Crippen MR) is 153 cm³/mol. The van der Waals surface area contributed by atoms with Gasteiger partial charge < -0.3 is 13.6 Å². The average Bonchev–Trinajstić information content (AvgIpc) is 3.17. The maximum Gasteiger partial charge on any atom is 0.306 e. The summed E-state index contributed by atoms with van der Waals surface area (Å²) in [5, 5.41) is 0.322. The molecule has 2 fully saturated rings. The number of fused-ring (bicyclic) bond motifs is 1. The summed E-state index contributed by atoms with van der Waals surface area (Å²) < 4.78 is 19.6. The SMILES string of the molecule is CCCCC(C)CC(C=CC1C(O[Si](C)(C)C(C)(C)C)CC2OC(=O)CC21)O[Si](C)(C)C(C)(C)C. The van der Waals surface area contributed by atoms with E-state index in [0.717, 1.165) is 12.8 Å². The molecule has 0 aromatic heterocycles. The zero-order valence-corrected chi connectivity index (χ0v) is 27.0. The Bertz CT molecular complexity index is 732. The minimum absolute atomic E-state index is 0.00449. The third-order valence-electron chi connectivity index (χ3n) is 9.29. The van der Waals surface area contributed by atoms with Gasteiger partial charge in [-0.1, -0.05) is 86.8 Å². The molecule has 1 saturated heterocycles. The van der Waals surface area contributed by atoms with E-state index >= 15 is 0 Å². The lowest BCUT2D eigenvalue weighted by atomic mass is 9.90. The molecule has 0 bridgehead atoms. The van der Waals surface area contributed by atoms with Crippen LogP contribution in [0.5, 0.6) is 0 Å². The van der Waals surface area contributed by atoms with Gasteiger partial charge in [0, 0.05) is 18.3 Å². The third kappa shape index (κ3) is 8.02. The second-order valence-corrected chi connectivity index (χ2v) is 23.9. The van der Waals surface area contributed by atoms with E-state index in [9.17, 15) is 4.79 Å². The Morgan fingerprint density at radius 3 is 2.20 bits per heavy atom. The van der Waals surface area contributed by atoms with Crippen LogP contribution in [0.3, 0.4) is 0 Å². The molecule has 2 rings (SSSR count). The van der Waals surface area contributed by atoms with Crippen molar-refractivity contribution in [1.82, 2.24) is 0 Å². The van der Waals surface area contributed by atoms with E-state index in [1.807, 2.05) is 0 Å². The second-order valence-electron chi connectivity index (χ2n) is 14.4. The Labute approximate surface area is 219 Å². The summed E-state index contributed by atoms with van der Waals surface area (Å²) in [7, 11) is -3.85. The Kier molecular flexibility index (Phi) is 10.1. The lowest BCUT2D eigenvalue weighted by Crippen LogP contribution is -2.45. The number of hydrogen-bond acceptors (Lipinski definition) is 4. The Balaban J connectivity index is 2.29. The third-order valence-corrected chi connectivity index (χ3v) is 18.3. The van der Waals surface area contributed by atoms with E-state index in [-0.39, 0.29) is 46.2 Å². The molecule has 6 unspecified atom stereocenters. The highest BCUT2D eigenvalue weighted by atomic mass is 28.4. The molecular formula is C29H56O4Si2. The predicted octanol–water partition coefficient (Wildman–Crippen LogP) is 8.49. The van der Waals surface area contributed by atoms with E-state index < -0.39 is 16.6 Å². The van der Waals surface area contributed by atoms with Gasteiger partial charge in [-0.15, -0.1) is 0 Å². The topological polar surface area (TPSA) is 44.8 Å². The van der Waals surface area contributed by atoms with Crippen molar-refractivity contribution in [2.75, 3.05) is 0 Å². The molecule has 1 aliphatic carbocycles. The van der Waals surface area contributed by atoms with Crippen molar-refractivity contribution in [3.63, 3.8) is 0 Å². The van der Waals surface area contributed by atoms with E-state index in [1.165, 1.54) is 19.3 Å². The van der Waals surface area contributed by atoms with E-state index in [1.54, 1.807) is 0 Å². The molecule has 0 N–H and O–H groups in total. The first-order chi connectivity index (χ1) is 15.9. The minimum Gasteiger partial charge on any atom is -0.462 e. The molecule has 1 saturated carbocycles. The van der Waals surface area contributed by atoms with E-state index in [4.69, 9.17) is 13.6 Å². The van der Waals surface area contributed by atoms with Crippen molar-refractivity contribution >= 4 is 22.6 Å². The maximum atomic E-state index is 12.1. The van der Waals surface area contributed by atoms with Gasteiger partial charge in [-0.05, 0) is 48.6 Å². The van der Waals surface area contributed by atoms with Crippen molar-refractivity contribution in [3.05, 3.63) is 12.2 Å². The smallest absolute Gasteiger partial charge is 0.306 e. The van der Waals surface area contributed by atoms with Crippen LogP contribution in [-0.4, -0.2) is 40.9 Å². The molecule has 4 nitrogen and oxygen atoms in total. The van der Waals surface area contributed by atoms with Gasteiger partial charge in [-0.25, -0.2) is 0 Å². The van der Waals surface area contributed by atoms with Crippen molar-refractivity contribution in [2.24, 2.45) is 17.8 Å². The van der Waals surface area contributed by atoms with Crippen LogP contribution in [0.1, 0.15) is 93.9 Å². The van der Waals surface area contributed by atoms with Gasteiger partial charge in [0.1, 0.15) is 6.10 Å². The molecule has 0 aromatic carbocycles. The fourth-order valence-corrected chi connectivity index (χ4v) is 7.53. The molecule has 0 aromatic rings. The van der Waals surface area contributed by atoms with Gasteiger partial charge in [-0.3, -0.25) is 4.79 Å². The average molecular weight is 525 g/mol. The fourth-order valence-electron chi connectivity index (χ4n) is 4.89. The van der Waals surface area contributed by atoms with Gasteiger partial charge >= 0.3 is 5.97 Å². The van der Waals surface area contributed by atoms with Crippen LogP contribution in [0.2, 0.25) is 36.3 Å². The second kappa shape index (κ2) is 11.5. The molecule has 204 valence electrons. The zero-order chi connectivity index (χ0) is 26.8. The van der Waals surface area contributed by atoms with Crippen molar-refractivity contribution < 1.29 is 18.4 Å². The first-order valence-electron chi connectivity index (χ1n) is 14.1. The number of ether oxygens (including phenoxy) is 1. The van der Waals surface area contributed by atoms with Crippen LogP contribution in [-0.2, 0) is 18.4 Å². The van der Waals surface area contributed by atoms with Crippen LogP contribution >= 0.6 is 0 Å². The van der Waals surface area contributed by atoms with Crippen molar-refractivity contribution in [3.8, 4) is 0 Å². The molecule has 6 atom stereocenters. The highest BCUT2D eigenvalue weighted by Crippen LogP contribution is 2.47. The summed E-state index contributed by atoms with van der Waals surface area (Å²) in [6.45, 7) is 27.8. The van der Waals surface area contributed by atoms with Gasteiger partial charge in [0.05, 0.1) is 18.6 Å². The number of unbranched alkanes of at least 4 members (excludes halogenated alkanes) is 1. The van der Waals surface area contributed by atoms with Crippen LogP contribution in [0.25, 0.3) is 0 Å². The Hall–Kier alpha value is -0.436. The van der Waals surface area contributed by atoms with Gasteiger partial charge in [0.15, 0.2) is 16.6 Å². The fraction of sp³-hybridized carbons (Fsp3) is 0.897. The number of rotatable bonds is 11. The van der Waals surface area contributed by atoms with Gasteiger partial charge in [0.2, 0.25) is 0 Å². The highest BCUT2D eigenvalue weighted by molar-refractivity contribution is 6.74. The molecular weight excluding hydrogens is 468 g/mol. The van der Waals surface area contributed by atoms with Crippen LogP contribution in [0, 0.1) is 17.8 Å². The molecule has 0 spiro atoms. The summed E-state index contributed by atoms with van der Waals surface area (Å²) in [5.41, 5.74) is 0. The molecule has 6 heteroatoms. The normalized spacial score (nSPS) is 27.8. The number of carbonyl (C=O) groups excluding carboxylic acids is 1. The number of esters is 1. The quantitative estimate of drug-likeness (QED) is 0.154. The minimum atomic E-state index is -1.94. The van der Waals surface area contributed by atoms with Crippen LogP contribution in [0.4, 0.5) is 0 Å². The Morgan fingerprint density at radius 2 is 1.66 bits per heavy atom. The molecule has 35 heavy (non-hydrogen) atoms. The first kappa shape index (κ1) is 30.8. The largest absolute Gasteiger partial charge is 0.462 e. The molecule has 1 heterocycles.